The van der Waals surface area contributed by atoms with E-state index < -0.39 is 0 Å². The molecular weight excluding hydrogens is 346 g/mol. The summed E-state index contributed by atoms with van der Waals surface area (Å²) in [7, 11) is 1.99. The molecule has 1 aromatic heterocycles. The lowest BCUT2D eigenvalue weighted by Crippen LogP contribution is -2.08. The average molecular weight is 367 g/mol. The minimum Gasteiger partial charge on any atom is -0.390 e. The summed E-state index contributed by atoms with van der Waals surface area (Å²) in [6.45, 7) is 2.00. The maximum atomic E-state index is 12.8. The summed E-state index contributed by atoms with van der Waals surface area (Å²) in [5.74, 6) is 0. The molecule has 4 heteroatoms. The molecule has 0 atom stereocenters. The zero-order valence-electron chi connectivity index (χ0n) is 15.9. The third-order valence-electron chi connectivity index (χ3n) is 5.05. The third-order valence-corrected chi connectivity index (χ3v) is 5.05. The quantitative estimate of drug-likeness (QED) is 0.245. The summed E-state index contributed by atoms with van der Waals surface area (Å²) in [6.07, 6.45) is 5.39. The number of rotatable bonds is 3. The number of aryl methyl sites for hydroxylation is 2. The van der Waals surface area contributed by atoms with Crippen LogP contribution in [0.5, 0.6) is 0 Å². The normalized spacial score (nSPS) is 11.9. The second-order valence-electron chi connectivity index (χ2n) is 6.84. The molecule has 28 heavy (non-hydrogen) atoms. The Morgan fingerprint density at radius 2 is 1.57 bits per heavy atom. The number of fused-ring (bicyclic) bond motifs is 2. The number of para-hydroxylation sites is 1. The highest BCUT2D eigenvalue weighted by atomic mass is 16.1. The highest BCUT2D eigenvalue weighted by molar-refractivity contribution is 5.94. The average Bonchev–Trinajstić information content (AvgIpc) is 2.72. The second-order valence-corrected chi connectivity index (χ2v) is 6.84. The van der Waals surface area contributed by atoms with Crippen molar-refractivity contribution in [2.24, 2.45) is 17.8 Å². The van der Waals surface area contributed by atoms with Crippen LogP contribution in [-0.2, 0) is 7.05 Å². The summed E-state index contributed by atoms with van der Waals surface area (Å²) in [5.41, 5.74) is 11.4. The van der Waals surface area contributed by atoms with Crippen LogP contribution in [0.15, 0.2) is 70.5 Å². The maximum absolute atomic E-state index is 12.8. The molecule has 4 rings (SSSR count). The van der Waals surface area contributed by atoms with E-state index >= 15 is 0 Å². The van der Waals surface area contributed by atoms with Gasteiger partial charge in [-0.15, -0.1) is 0 Å². The Hall–Kier alpha value is -3.66. The lowest BCUT2D eigenvalue weighted by Gasteiger charge is -2.10. The van der Waals surface area contributed by atoms with Gasteiger partial charge in [-0.2, -0.15) is 0 Å². The first-order valence-electron chi connectivity index (χ1n) is 9.13. The molecule has 0 amide bonds. The number of aromatic nitrogens is 1. The molecule has 0 aliphatic heterocycles. The van der Waals surface area contributed by atoms with Crippen molar-refractivity contribution in [1.29, 1.82) is 0 Å². The molecule has 0 spiro atoms. The van der Waals surface area contributed by atoms with Gasteiger partial charge in [-0.05, 0) is 53.9 Å². The summed E-state index contributed by atoms with van der Waals surface area (Å²) >= 11 is 0. The maximum Gasteiger partial charge on any atom is 0.197 e. The van der Waals surface area contributed by atoms with Crippen LogP contribution in [0.4, 0.5) is 5.69 Å². The van der Waals surface area contributed by atoms with E-state index in [9.17, 15) is 4.79 Å². The van der Waals surface area contributed by atoms with Gasteiger partial charge in [0.05, 0.1) is 23.1 Å². The van der Waals surface area contributed by atoms with Gasteiger partial charge in [-0.3, -0.25) is 4.79 Å². The van der Waals surface area contributed by atoms with Crippen LogP contribution < -0.4 is 11.2 Å². The van der Waals surface area contributed by atoms with Crippen LogP contribution in [-0.4, -0.2) is 10.9 Å². The zero-order valence-corrected chi connectivity index (χ0v) is 15.9. The van der Waals surface area contributed by atoms with Crippen molar-refractivity contribution in [2.75, 3.05) is 0 Å². The first-order chi connectivity index (χ1) is 13.6. The molecule has 0 fully saturated rings. The Balaban J connectivity index is 1.79. The minimum atomic E-state index is 0.0713. The van der Waals surface area contributed by atoms with Crippen molar-refractivity contribution in [2.45, 2.75) is 6.92 Å². The van der Waals surface area contributed by atoms with Crippen molar-refractivity contribution in [3.8, 4) is 0 Å². The first kappa shape index (κ1) is 17.7. The Labute approximate surface area is 163 Å². The molecule has 0 unspecified atom stereocenters. The number of aliphatic imine (C=N–C) groups is 1. The molecular formula is C24H21N3O. The van der Waals surface area contributed by atoms with Crippen LogP contribution in [0.3, 0.4) is 0 Å². The molecule has 4 aromatic rings. The highest BCUT2D eigenvalue weighted by Gasteiger charge is 2.08. The first-order valence-corrected chi connectivity index (χ1v) is 9.13. The lowest BCUT2D eigenvalue weighted by molar-refractivity contribution is 1.00. The van der Waals surface area contributed by atoms with Crippen LogP contribution in [0, 0.1) is 6.92 Å². The van der Waals surface area contributed by atoms with E-state index in [2.05, 4.69) is 9.56 Å². The second kappa shape index (κ2) is 7.16. The smallest absolute Gasteiger partial charge is 0.197 e. The summed E-state index contributed by atoms with van der Waals surface area (Å²) in [4.78, 5) is 17.0. The third kappa shape index (κ3) is 3.09. The zero-order chi connectivity index (χ0) is 19.7. The summed E-state index contributed by atoms with van der Waals surface area (Å²) in [5, 5.41) is 1.47. The monoisotopic (exact) mass is 367 g/mol. The number of benzene rings is 3. The van der Waals surface area contributed by atoms with E-state index in [0.717, 1.165) is 44.2 Å². The van der Waals surface area contributed by atoms with Gasteiger partial charge in [-0.1, -0.05) is 42.5 Å². The molecule has 0 radical (unpaired) electrons. The number of hydrogen-bond acceptors (Lipinski definition) is 2. The van der Waals surface area contributed by atoms with Crippen molar-refractivity contribution in [1.82, 2.24) is 4.57 Å². The van der Waals surface area contributed by atoms with Gasteiger partial charge in [0.15, 0.2) is 5.43 Å². The van der Waals surface area contributed by atoms with Crippen LogP contribution in [0.2, 0.25) is 0 Å². The molecule has 2 N–H and O–H groups in total. The minimum absolute atomic E-state index is 0.0713. The standard InChI is InChI=1S/C24H21N3O/c1-16-7-8-17(13-21(16)26-15-25)9-10-18-11-12-20-23(14-18)27(2)22-6-4-3-5-19(22)24(20)28/h3-15H,1-2H3,(H2,25,26)/b10-9+. The fraction of sp³-hybridized carbons (Fsp3) is 0.0833. The van der Waals surface area contributed by atoms with E-state index in [1.165, 1.54) is 6.34 Å². The van der Waals surface area contributed by atoms with Crippen LogP contribution in [0.25, 0.3) is 34.0 Å². The van der Waals surface area contributed by atoms with Crippen LogP contribution >= 0.6 is 0 Å². The molecule has 4 nitrogen and oxygen atoms in total. The van der Waals surface area contributed by atoms with Crippen LogP contribution in [0.1, 0.15) is 16.7 Å². The topological polar surface area (TPSA) is 60.4 Å². The van der Waals surface area contributed by atoms with Gasteiger partial charge >= 0.3 is 0 Å². The highest BCUT2D eigenvalue weighted by Crippen LogP contribution is 2.23. The van der Waals surface area contributed by atoms with E-state index in [4.69, 9.17) is 5.73 Å². The number of nitrogens with two attached hydrogens (primary N) is 1. The van der Waals surface area contributed by atoms with Crippen molar-refractivity contribution < 1.29 is 0 Å². The van der Waals surface area contributed by atoms with Gasteiger partial charge in [0.2, 0.25) is 0 Å². The predicted molar refractivity (Wildman–Crippen MR) is 119 cm³/mol. The molecule has 0 bridgehead atoms. The fourth-order valence-corrected chi connectivity index (χ4v) is 3.50. The summed E-state index contributed by atoms with van der Waals surface area (Å²) in [6, 6.07) is 19.7. The van der Waals surface area contributed by atoms with E-state index in [1.807, 2.05) is 86.8 Å². The number of nitrogens with zero attached hydrogens (tertiary/aromatic N) is 2. The number of pyridine rings is 1. The van der Waals surface area contributed by atoms with Gasteiger partial charge in [0, 0.05) is 17.8 Å². The van der Waals surface area contributed by atoms with Gasteiger partial charge < -0.3 is 10.3 Å². The molecule has 0 saturated carbocycles. The largest absolute Gasteiger partial charge is 0.390 e. The predicted octanol–water partition coefficient (Wildman–Crippen LogP) is 4.79. The molecule has 3 aromatic carbocycles. The number of hydrogen-bond donors (Lipinski definition) is 1. The molecule has 1 heterocycles. The molecule has 0 aliphatic carbocycles. The van der Waals surface area contributed by atoms with Crippen molar-refractivity contribution in [3.63, 3.8) is 0 Å². The molecule has 0 aliphatic rings. The van der Waals surface area contributed by atoms with Crippen molar-refractivity contribution in [3.05, 3.63) is 87.6 Å². The Kier molecular flexibility index (Phi) is 4.53. The SMILES string of the molecule is Cc1ccc(/C=C/c2ccc3c(=O)c4ccccc4n(C)c3c2)cc1N=CN. The van der Waals surface area contributed by atoms with E-state index in [0.29, 0.717) is 0 Å². The Morgan fingerprint density at radius 1 is 0.893 bits per heavy atom. The summed E-state index contributed by atoms with van der Waals surface area (Å²) < 4.78 is 2.07. The lowest BCUT2D eigenvalue weighted by atomic mass is 10.1. The van der Waals surface area contributed by atoms with E-state index in [1.54, 1.807) is 0 Å². The van der Waals surface area contributed by atoms with E-state index in [-0.39, 0.29) is 5.43 Å². The van der Waals surface area contributed by atoms with Gasteiger partial charge in [-0.25, -0.2) is 4.99 Å². The van der Waals surface area contributed by atoms with Gasteiger partial charge in [0.25, 0.3) is 0 Å². The van der Waals surface area contributed by atoms with Gasteiger partial charge in [0.1, 0.15) is 0 Å². The Bertz CT molecular complexity index is 1310. The molecule has 138 valence electrons. The fourth-order valence-electron chi connectivity index (χ4n) is 3.50. The Morgan fingerprint density at radius 3 is 2.36 bits per heavy atom. The molecule has 0 saturated heterocycles. The van der Waals surface area contributed by atoms with Crippen molar-refractivity contribution >= 4 is 46.0 Å².